The van der Waals surface area contributed by atoms with Crippen LogP contribution in [0.1, 0.15) is 180 Å². The SMILES string of the molecule is CC.CC.CC=NC.CCC.CCC.CCC(C)C1CCC2C3CCC4C[C@@](C)(CC)CCC4C3CCC12C. The standard InChI is InChI=1S/C25H44.C3H7N.2C3H8.2C2H6/c1-6-17(3)22-10-11-23-21-9-8-18-16-24(4,7-2)14-12-19(18)20(21)13-15-25(22,23)5;1-3-4-2;2*1-3-2;2*1-2/h17-23H,6-16H2,1-5H3;3H,1-2H3;2*3H2,1-2H3;2*1-2H3/t17?,18?,19?,20?,21?,22?,23?,24-,25?;;;;;/m0...../s1. The highest BCUT2D eigenvalue weighted by Gasteiger charge is 2.57. The first-order valence-electron chi connectivity index (χ1n) is 18.0. The number of nitrogens with zero attached hydrogens (tertiary/aromatic N) is 1. The van der Waals surface area contributed by atoms with Gasteiger partial charge in [0.15, 0.2) is 0 Å². The summed E-state index contributed by atoms with van der Waals surface area (Å²) in [5.74, 6) is 7.43. The molecule has 0 heterocycles. The normalized spacial score (nSPS) is 36.6. The van der Waals surface area contributed by atoms with Gasteiger partial charge < -0.3 is 4.99 Å². The second-order valence-electron chi connectivity index (χ2n) is 13.4. The molecule has 4 saturated carbocycles. The summed E-state index contributed by atoms with van der Waals surface area (Å²) in [7, 11) is 1.75. The van der Waals surface area contributed by atoms with Gasteiger partial charge in [-0.2, -0.15) is 0 Å². The highest BCUT2D eigenvalue weighted by molar-refractivity contribution is 5.52. The van der Waals surface area contributed by atoms with E-state index >= 15 is 0 Å². The maximum atomic E-state index is 3.61. The van der Waals surface area contributed by atoms with Crippen molar-refractivity contribution in [3.63, 3.8) is 0 Å². The Labute approximate surface area is 250 Å². The van der Waals surface area contributed by atoms with E-state index in [1.54, 1.807) is 64.6 Å². The van der Waals surface area contributed by atoms with Crippen LogP contribution in [0.15, 0.2) is 4.99 Å². The van der Waals surface area contributed by atoms with Crippen molar-refractivity contribution in [2.75, 3.05) is 7.05 Å². The number of aliphatic imine (C=N–C) groups is 1. The average molecular weight is 550 g/mol. The Kier molecular flexibility index (Phi) is 23.3. The van der Waals surface area contributed by atoms with Crippen LogP contribution in [-0.2, 0) is 0 Å². The molecular formula is C38H79N. The maximum Gasteiger partial charge on any atom is 0.0273 e. The van der Waals surface area contributed by atoms with Gasteiger partial charge >= 0.3 is 0 Å². The zero-order valence-corrected chi connectivity index (χ0v) is 30.3. The monoisotopic (exact) mass is 550 g/mol. The topological polar surface area (TPSA) is 12.4 Å². The third kappa shape index (κ3) is 11.5. The summed E-state index contributed by atoms with van der Waals surface area (Å²) in [4.78, 5) is 3.61. The minimum absolute atomic E-state index is 0.673. The van der Waals surface area contributed by atoms with Crippen molar-refractivity contribution in [2.24, 2.45) is 57.2 Å². The summed E-state index contributed by atoms with van der Waals surface area (Å²) in [6.45, 7) is 31.1. The Morgan fingerprint density at radius 1 is 0.744 bits per heavy atom. The minimum atomic E-state index is 0.673. The molecule has 0 amide bonds. The van der Waals surface area contributed by atoms with Crippen LogP contribution in [0.2, 0.25) is 0 Å². The van der Waals surface area contributed by atoms with Crippen molar-refractivity contribution < 1.29 is 0 Å². The van der Waals surface area contributed by atoms with Crippen LogP contribution >= 0.6 is 0 Å². The van der Waals surface area contributed by atoms with E-state index in [0.717, 1.165) is 41.4 Å². The van der Waals surface area contributed by atoms with Gasteiger partial charge in [-0.25, -0.2) is 0 Å². The predicted molar refractivity (Wildman–Crippen MR) is 183 cm³/mol. The van der Waals surface area contributed by atoms with Gasteiger partial charge in [0.1, 0.15) is 0 Å². The molecule has 0 spiro atoms. The quantitative estimate of drug-likeness (QED) is 0.310. The molecule has 4 aliphatic carbocycles. The summed E-state index contributed by atoms with van der Waals surface area (Å²) in [5.41, 5.74) is 1.36. The molecule has 0 aromatic carbocycles. The van der Waals surface area contributed by atoms with Crippen LogP contribution in [0.3, 0.4) is 0 Å². The molecule has 0 radical (unpaired) electrons. The van der Waals surface area contributed by atoms with Gasteiger partial charge in [-0.05, 0) is 123 Å². The van der Waals surface area contributed by atoms with Gasteiger partial charge in [-0.3, -0.25) is 0 Å². The van der Waals surface area contributed by atoms with Gasteiger partial charge in [0.2, 0.25) is 0 Å². The van der Waals surface area contributed by atoms with Crippen LogP contribution in [0.25, 0.3) is 0 Å². The van der Waals surface area contributed by atoms with Crippen molar-refractivity contribution in [1.29, 1.82) is 0 Å². The van der Waals surface area contributed by atoms with Crippen molar-refractivity contribution in [1.82, 2.24) is 0 Å². The molecule has 0 aliphatic heterocycles. The lowest BCUT2D eigenvalue weighted by molar-refractivity contribution is -0.0831. The molecule has 4 aliphatic rings. The third-order valence-electron chi connectivity index (χ3n) is 10.9. The fraction of sp³-hybridized carbons (Fsp3) is 0.974. The van der Waals surface area contributed by atoms with Crippen molar-refractivity contribution in [2.45, 2.75) is 180 Å². The van der Waals surface area contributed by atoms with Crippen molar-refractivity contribution in [3.05, 3.63) is 0 Å². The van der Waals surface area contributed by atoms with E-state index in [-0.39, 0.29) is 0 Å². The first kappa shape index (κ1) is 40.8. The molecule has 0 N–H and O–H groups in total. The zero-order chi connectivity index (χ0) is 30.6. The van der Waals surface area contributed by atoms with Gasteiger partial charge in [0.05, 0.1) is 0 Å². The Morgan fingerprint density at radius 3 is 1.72 bits per heavy atom. The highest BCUT2D eigenvalue weighted by atomic mass is 14.6. The maximum absolute atomic E-state index is 3.61. The fourth-order valence-electron chi connectivity index (χ4n) is 8.77. The molecule has 0 aromatic heterocycles. The fourth-order valence-corrected chi connectivity index (χ4v) is 8.77. The lowest BCUT2D eigenvalue weighted by Crippen LogP contribution is -2.49. The van der Waals surface area contributed by atoms with E-state index in [2.05, 4.69) is 67.3 Å². The van der Waals surface area contributed by atoms with E-state index in [1.807, 2.05) is 34.6 Å². The van der Waals surface area contributed by atoms with Crippen LogP contribution in [0.4, 0.5) is 0 Å². The summed E-state index contributed by atoms with van der Waals surface area (Å²) in [5, 5.41) is 0. The van der Waals surface area contributed by atoms with E-state index < -0.39 is 0 Å². The van der Waals surface area contributed by atoms with E-state index in [4.69, 9.17) is 0 Å². The molecule has 0 aromatic rings. The first-order valence-corrected chi connectivity index (χ1v) is 18.0. The van der Waals surface area contributed by atoms with Crippen LogP contribution in [-0.4, -0.2) is 13.3 Å². The van der Waals surface area contributed by atoms with E-state index in [9.17, 15) is 0 Å². The Morgan fingerprint density at radius 2 is 1.26 bits per heavy atom. The van der Waals surface area contributed by atoms with Crippen molar-refractivity contribution in [3.8, 4) is 0 Å². The molecule has 9 atom stereocenters. The minimum Gasteiger partial charge on any atom is -0.301 e. The van der Waals surface area contributed by atoms with E-state index in [0.29, 0.717) is 10.8 Å². The molecule has 0 saturated heterocycles. The Hall–Kier alpha value is -0.330. The van der Waals surface area contributed by atoms with Gasteiger partial charge in [-0.15, -0.1) is 0 Å². The zero-order valence-electron chi connectivity index (χ0n) is 30.3. The van der Waals surface area contributed by atoms with Gasteiger partial charge in [0.25, 0.3) is 0 Å². The molecule has 4 fully saturated rings. The van der Waals surface area contributed by atoms with Crippen LogP contribution in [0.5, 0.6) is 0 Å². The summed E-state index contributed by atoms with van der Waals surface area (Å²) < 4.78 is 0. The smallest absolute Gasteiger partial charge is 0.0273 e. The molecule has 4 rings (SSSR count). The summed E-state index contributed by atoms with van der Waals surface area (Å²) >= 11 is 0. The second-order valence-corrected chi connectivity index (χ2v) is 13.4. The lowest BCUT2D eigenvalue weighted by atomic mass is 9.47. The van der Waals surface area contributed by atoms with Crippen LogP contribution < -0.4 is 0 Å². The molecule has 1 heteroatoms. The largest absolute Gasteiger partial charge is 0.301 e. The molecule has 236 valence electrons. The number of fused-ring (bicyclic) bond motifs is 5. The number of hydrogen-bond acceptors (Lipinski definition) is 1. The third-order valence-corrected chi connectivity index (χ3v) is 10.9. The van der Waals surface area contributed by atoms with E-state index in [1.165, 1.54) is 32.1 Å². The molecule has 39 heavy (non-hydrogen) atoms. The molecule has 8 unspecified atom stereocenters. The molecule has 1 nitrogen and oxygen atoms in total. The van der Waals surface area contributed by atoms with Crippen LogP contribution in [0, 0.1) is 52.3 Å². The Balaban J connectivity index is 0. The highest BCUT2D eigenvalue weighted by Crippen LogP contribution is 2.66. The lowest BCUT2D eigenvalue weighted by Gasteiger charge is -2.58. The summed E-state index contributed by atoms with van der Waals surface area (Å²) in [6, 6.07) is 0. The average Bonchev–Trinajstić information content (AvgIpc) is 3.32. The second kappa shape index (κ2) is 22.3. The predicted octanol–water partition coefficient (Wildman–Crippen LogP) is 13.3. The number of rotatable bonds is 3. The number of hydrogen-bond donors (Lipinski definition) is 0. The Bertz CT molecular complexity index is 575. The molecular weight excluding hydrogens is 470 g/mol. The molecule has 0 bridgehead atoms. The van der Waals surface area contributed by atoms with Gasteiger partial charge in [0, 0.05) is 7.05 Å². The first-order chi connectivity index (χ1) is 18.7. The van der Waals surface area contributed by atoms with Crippen molar-refractivity contribution >= 4 is 6.21 Å². The van der Waals surface area contributed by atoms with Gasteiger partial charge in [-0.1, -0.05) is 116 Å². The summed E-state index contributed by atoms with van der Waals surface area (Å²) in [6.07, 6.45) is 21.1.